The third-order valence-electron chi connectivity index (χ3n) is 3.47. The zero-order valence-corrected chi connectivity index (χ0v) is 12.6. The zero-order chi connectivity index (χ0) is 16.0. The number of rotatable bonds is 4. The first-order chi connectivity index (χ1) is 11.1. The van der Waals surface area contributed by atoms with E-state index in [4.69, 9.17) is 0 Å². The van der Waals surface area contributed by atoms with Crippen LogP contribution in [0.15, 0.2) is 24.4 Å². The molecule has 3 aromatic rings. The topological polar surface area (TPSA) is 110 Å². The van der Waals surface area contributed by atoms with Crippen LogP contribution in [0.1, 0.15) is 23.3 Å². The van der Waals surface area contributed by atoms with E-state index in [0.29, 0.717) is 21.3 Å². The van der Waals surface area contributed by atoms with Gasteiger partial charge < -0.3 is 10.4 Å². The molecule has 0 aliphatic heterocycles. The van der Waals surface area contributed by atoms with Crippen molar-refractivity contribution in [2.75, 3.05) is 5.32 Å². The summed E-state index contributed by atoms with van der Waals surface area (Å²) < 4.78 is 1.79. The molecule has 0 saturated heterocycles. The lowest BCUT2D eigenvalue weighted by Gasteiger charge is -2.00. The van der Waals surface area contributed by atoms with Crippen molar-refractivity contribution in [1.82, 2.24) is 19.7 Å². The minimum absolute atomic E-state index is 0.0493. The number of pyridine rings is 1. The van der Waals surface area contributed by atoms with Crippen LogP contribution in [-0.2, 0) is 4.79 Å². The Morgan fingerprint density at radius 2 is 2.17 bits per heavy atom. The van der Waals surface area contributed by atoms with Gasteiger partial charge in [-0.2, -0.15) is 14.8 Å². The van der Waals surface area contributed by atoms with Gasteiger partial charge >= 0.3 is 5.97 Å². The fourth-order valence-corrected chi connectivity index (χ4v) is 3.11. The molecule has 9 heteroatoms. The summed E-state index contributed by atoms with van der Waals surface area (Å²) in [4.78, 5) is 31.7. The standard InChI is InChI=1S/C14H11N5O3S/c20-12(7-4-5-7)17-14-16-11-10(23-14)9(13(21)22)18-19(11)8-3-1-2-6-15-8/h1-3,6-7H,4-5H2,(H,21,22)(H,16,17,20). The molecule has 1 aliphatic carbocycles. The number of thiazole rings is 1. The summed E-state index contributed by atoms with van der Waals surface area (Å²) in [5.74, 6) is -0.701. The molecule has 1 aliphatic rings. The van der Waals surface area contributed by atoms with E-state index in [-0.39, 0.29) is 17.5 Å². The van der Waals surface area contributed by atoms with Crippen LogP contribution < -0.4 is 5.32 Å². The molecule has 1 amide bonds. The number of hydrogen-bond acceptors (Lipinski definition) is 6. The number of nitrogens with one attached hydrogen (secondary N) is 1. The van der Waals surface area contributed by atoms with Gasteiger partial charge in [-0.1, -0.05) is 17.4 Å². The van der Waals surface area contributed by atoms with Crippen LogP contribution in [0.5, 0.6) is 0 Å². The Kier molecular flexibility index (Phi) is 3.08. The van der Waals surface area contributed by atoms with E-state index in [1.807, 2.05) is 0 Å². The predicted octanol–water partition coefficient (Wildman–Crippen LogP) is 1.92. The van der Waals surface area contributed by atoms with Gasteiger partial charge in [0.1, 0.15) is 4.70 Å². The smallest absolute Gasteiger partial charge is 0.358 e. The molecule has 3 heterocycles. The number of carbonyl (C=O) groups excluding carboxylic acids is 1. The maximum atomic E-state index is 11.9. The lowest BCUT2D eigenvalue weighted by Crippen LogP contribution is -2.13. The van der Waals surface area contributed by atoms with Crippen molar-refractivity contribution in [3.8, 4) is 5.82 Å². The summed E-state index contributed by atoms with van der Waals surface area (Å²) in [5, 5.41) is 16.5. The SMILES string of the molecule is O=C(O)c1nn(-c2ccccn2)c2nc(NC(=O)C3CC3)sc12. The molecule has 116 valence electrons. The molecule has 2 N–H and O–H groups in total. The third-order valence-corrected chi connectivity index (χ3v) is 4.44. The highest BCUT2D eigenvalue weighted by Crippen LogP contribution is 2.33. The van der Waals surface area contributed by atoms with Crippen molar-refractivity contribution >= 4 is 38.7 Å². The van der Waals surface area contributed by atoms with Crippen molar-refractivity contribution in [1.29, 1.82) is 0 Å². The van der Waals surface area contributed by atoms with E-state index < -0.39 is 5.97 Å². The molecule has 0 unspecified atom stereocenters. The lowest BCUT2D eigenvalue weighted by molar-refractivity contribution is -0.117. The van der Waals surface area contributed by atoms with Crippen molar-refractivity contribution in [2.45, 2.75) is 12.8 Å². The normalized spacial score (nSPS) is 14.1. The quantitative estimate of drug-likeness (QED) is 0.757. The number of fused-ring (bicyclic) bond motifs is 1. The first-order valence-electron chi connectivity index (χ1n) is 6.98. The fourth-order valence-electron chi connectivity index (χ4n) is 2.19. The van der Waals surface area contributed by atoms with Crippen molar-refractivity contribution in [3.05, 3.63) is 30.1 Å². The number of aromatic carboxylic acids is 1. The summed E-state index contributed by atoms with van der Waals surface area (Å²) in [6.45, 7) is 0. The van der Waals surface area contributed by atoms with Gasteiger partial charge in [0.15, 0.2) is 22.3 Å². The average molecular weight is 329 g/mol. The zero-order valence-electron chi connectivity index (χ0n) is 11.8. The van der Waals surface area contributed by atoms with E-state index in [0.717, 1.165) is 24.2 Å². The number of carbonyl (C=O) groups is 2. The highest BCUT2D eigenvalue weighted by molar-refractivity contribution is 7.22. The molecule has 1 saturated carbocycles. The van der Waals surface area contributed by atoms with Gasteiger partial charge in [0.2, 0.25) is 5.91 Å². The molecule has 0 radical (unpaired) electrons. The molecule has 0 spiro atoms. The van der Waals surface area contributed by atoms with E-state index >= 15 is 0 Å². The molecule has 1 fully saturated rings. The van der Waals surface area contributed by atoms with Crippen molar-refractivity contribution in [3.63, 3.8) is 0 Å². The summed E-state index contributed by atoms with van der Waals surface area (Å²) in [6, 6.07) is 5.24. The molecule has 23 heavy (non-hydrogen) atoms. The van der Waals surface area contributed by atoms with Crippen LogP contribution >= 0.6 is 11.3 Å². The minimum atomic E-state index is -1.14. The first kappa shape index (κ1) is 13.8. The van der Waals surface area contributed by atoms with Crippen LogP contribution in [0.25, 0.3) is 16.2 Å². The molecule has 4 rings (SSSR count). The predicted molar refractivity (Wildman–Crippen MR) is 82.9 cm³/mol. The maximum Gasteiger partial charge on any atom is 0.358 e. The summed E-state index contributed by atoms with van der Waals surface area (Å²) in [7, 11) is 0. The highest BCUT2D eigenvalue weighted by atomic mass is 32.1. The van der Waals surface area contributed by atoms with Crippen LogP contribution in [-0.4, -0.2) is 36.7 Å². The Labute approximate surface area is 133 Å². The molecular formula is C14H11N5O3S. The molecule has 0 aromatic carbocycles. The summed E-state index contributed by atoms with van der Waals surface area (Å²) in [6.07, 6.45) is 3.36. The minimum Gasteiger partial charge on any atom is -0.476 e. The van der Waals surface area contributed by atoms with Crippen LogP contribution in [0, 0.1) is 5.92 Å². The number of anilines is 1. The number of amides is 1. The lowest BCUT2D eigenvalue weighted by atomic mass is 10.4. The van der Waals surface area contributed by atoms with Gasteiger partial charge in [-0.15, -0.1) is 0 Å². The second-order valence-electron chi connectivity index (χ2n) is 5.19. The second kappa shape index (κ2) is 5.13. The third kappa shape index (κ3) is 2.44. The fraction of sp³-hybridized carbons (Fsp3) is 0.214. The summed E-state index contributed by atoms with van der Waals surface area (Å²) in [5.41, 5.74) is 0.271. The van der Waals surface area contributed by atoms with Gasteiger partial charge in [-0.05, 0) is 25.0 Å². The van der Waals surface area contributed by atoms with E-state index in [9.17, 15) is 14.7 Å². The van der Waals surface area contributed by atoms with E-state index in [1.165, 1.54) is 4.68 Å². The summed E-state index contributed by atoms with van der Waals surface area (Å²) >= 11 is 1.11. The second-order valence-corrected chi connectivity index (χ2v) is 6.19. The number of aromatic nitrogens is 4. The molecular weight excluding hydrogens is 318 g/mol. The number of carboxylic acid groups (broad SMARTS) is 1. The largest absolute Gasteiger partial charge is 0.476 e. The first-order valence-corrected chi connectivity index (χ1v) is 7.80. The Morgan fingerprint density at radius 3 is 2.83 bits per heavy atom. The van der Waals surface area contributed by atoms with E-state index in [1.54, 1.807) is 24.4 Å². The number of hydrogen-bond donors (Lipinski definition) is 2. The van der Waals surface area contributed by atoms with Crippen molar-refractivity contribution in [2.24, 2.45) is 5.92 Å². The Bertz CT molecular complexity index is 913. The molecule has 0 atom stereocenters. The number of carboxylic acids is 1. The average Bonchev–Trinajstić information content (AvgIpc) is 3.22. The van der Waals surface area contributed by atoms with Crippen LogP contribution in [0.2, 0.25) is 0 Å². The Balaban J connectivity index is 1.81. The Hall–Kier alpha value is -2.81. The monoisotopic (exact) mass is 329 g/mol. The van der Waals surface area contributed by atoms with Gasteiger partial charge in [0, 0.05) is 12.1 Å². The van der Waals surface area contributed by atoms with Gasteiger partial charge in [0.05, 0.1) is 0 Å². The van der Waals surface area contributed by atoms with Crippen LogP contribution in [0.3, 0.4) is 0 Å². The maximum absolute atomic E-state index is 11.9. The van der Waals surface area contributed by atoms with Gasteiger partial charge in [-0.25, -0.2) is 9.78 Å². The van der Waals surface area contributed by atoms with Gasteiger partial charge in [0.25, 0.3) is 0 Å². The van der Waals surface area contributed by atoms with Gasteiger partial charge in [-0.3, -0.25) is 4.79 Å². The molecule has 8 nitrogen and oxygen atoms in total. The molecule has 0 bridgehead atoms. The van der Waals surface area contributed by atoms with E-state index in [2.05, 4.69) is 20.4 Å². The molecule has 3 aromatic heterocycles. The Morgan fingerprint density at radius 1 is 1.35 bits per heavy atom. The van der Waals surface area contributed by atoms with Crippen molar-refractivity contribution < 1.29 is 14.7 Å². The van der Waals surface area contributed by atoms with Crippen LogP contribution in [0.4, 0.5) is 5.13 Å². The highest BCUT2D eigenvalue weighted by Gasteiger charge is 2.31. The number of nitrogens with zero attached hydrogens (tertiary/aromatic N) is 4.